The number of nitrogens with one attached hydrogen (secondary N) is 1. The quantitative estimate of drug-likeness (QED) is 0.318. The minimum atomic E-state index is -0.446. The Morgan fingerprint density at radius 3 is 2.48 bits per heavy atom. The highest BCUT2D eigenvalue weighted by molar-refractivity contribution is 9.10. The second kappa shape index (κ2) is 9.61. The molecule has 3 aromatic carbocycles. The van der Waals surface area contributed by atoms with Crippen LogP contribution in [-0.4, -0.2) is 17.0 Å². The molecule has 0 aliphatic rings. The number of nitro benzene ring substituents is 1. The molecule has 0 saturated heterocycles. The Kier molecular flexibility index (Phi) is 6.70. The number of amides is 1. The van der Waals surface area contributed by atoms with Crippen LogP contribution in [0.4, 0.5) is 5.69 Å². The summed E-state index contributed by atoms with van der Waals surface area (Å²) in [5.74, 6) is 0.239. The summed E-state index contributed by atoms with van der Waals surface area (Å²) in [5, 5.41) is 14.7. The molecule has 7 nitrogen and oxygen atoms in total. The van der Waals surface area contributed by atoms with Crippen molar-refractivity contribution in [2.45, 2.75) is 6.61 Å². The van der Waals surface area contributed by atoms with E-state index in [1.54, 1.807) is 42.5 Å². The van der Waals surface area contributed by atoms with Gasteiger partial charge in [0.15, 0.2) is 0 Å². The Bertz CT molecular complexity index is 1050. The molecular weight excluding hydrogens is 438 g/mol. The number of non-ortho nitro benzene ring substituents is 1. The molecule has 0 saturated carbocycles. The summed E-state index contributed by atoms with van der Waals surface area (Å²) in [4.78, 5) is 22.5. The molecule has 0 aromatic heterocycles. The summed E-state index contributed by atoms with van der Waals surface area (Å²) in [7, 11) is 0. The molecule has 0 fully saturated rings. The van der Waals surface area contributed by atoms with Crippen LogP contribution in [0, 0.1) is 10.1 Å². The molecule has 3 rings (SSSR count). The van der Waals surface area contributed by atoms with Crippen molar-refractivity contribution in [3.63, 3.8) is 0 Å². The molecule has 0 heterocycles. The molecule has 0 aliphatic carbocycles. The van der Waals surface area contributed by atoms with Gasteiger partial charge in [0.2, 0.25) is 0 Å². The number of hydrogen-bond acceptors (Lipinski definition) is 5. The maximum atomic E-state index is 12.2. The number of halogens is 1. The summed E-state index contributed by atoms with van der Waals surface area (Å²) in [6, 6.07) is 20.5. The number of ether oxygens (including phenoxy) is 1. The summed E-state index contributed by atoms with van der Waals surface area (Å²) < 4.78 is 6.48. The summed E-state index contributed by atoms with van der Waals surface area (Å²) >= 11 is 3.33. The van der Waals surface area contributed by atoms with E-state index in [9.17, 15) is 14.9 Å². The lowest BCUT2D eigenvalue weighted by Crippen LogP contribution is -2.18. The van der Waals surface area contributed by atoms with Crippen LogP contribution in [0.2, 0.25) is 0 Å². The Labute approximate surface area is 175 Å². The fraction of sp³-hybridized carbons (Fsp3) is 0.0476. The lowest BCUT2D eigenvalue weighted by molar-refractivity contribution is -0.384. The van der Waals surface area contributed by atoms with Gasteiger partial charge >= 0.3 is 0 Å². The number of benzene rings is 3. The van der Waals surface area contributed by atoms with Crippen molar-refractivity contribution in [3.05, 3.63) is 104 Å². The maximum absolute atomic E-state index is 12.2. The van der Waals surface area contributed by atoms with Crippen molar-refractivity contribution in [2.24, 2.45) is 5.10 Å². The van der Waals surface area contributed by atoms with Crippen LogP contribution in [0.25, 0.3) is 0 Å². The number of hydrazone groups is 1. The Balaban J connectivity index is 1.64. The molecule has 0 spiro atoms. The number of nitro groups is 1. The first-order valence-corrected chi connectivity index (χ1v) is 9.37. The van der Waals surface area contributed by atoms with Crippen LogP contribution < -0.4 is 10.2 Å². The predicted octanol–water partition coefficient (Wildman–Crippen LogP) is 4.70. The first-order chi connectivity index (χ1) is 14.0. The van der Waals surface area contributed by atoms with E-state index in [2.05, 4.69) is 26.5 Å². The average Bonchev–Trinajstić information content (AvgIpc) is 2.73. The Hall–Kier alpha value is -3.52. The normalized spacial score (nSPS) is 10.7. The number of carbonyl (C=O) groups is 1. The highest BCUT2D eigenvalue weighted by Gasteiger charge is 2.08. The zero-order valence-corrected chi connectivity index (χ0v) is 16.7. The third-order valence-electron chi connectivity index (χ3n) is 3.95. The fourth-order valence-electron chi connectivity index (χ4n) is 2.46. The second-order valence-electron chi connectivity index (χ2n) is 5.93. The standard InChI is InChI=1S/C21H16BrN3O4/c22-19-7-3-2-6-18(19)21(26)24-23-13-16-5-1-4-8-20(16)29-14-15-9-11-17(12-10-15)25(27)28/h1-13H,14H2,(H,24,26)/b23-13+. The van der Waals surface area contributed by atoms with E-state index in [-0.39, 0.29) is 18.2 Å². The van der Waals surface area contributed by atoms with Gasteiger partial charge in [0, 0.05) is 22.2 Å². The minimum absolute atomic E-state index is 0.0297. The summed E-state index contributed by atoms with van der Waals surface area (Å²) in [5.41, 5.74) is 4.47. The summed E-state index contributed by atoms with van der Waals surface area (Å²) in [6.45, 7) is 0.242. The van der Waals surface area contributed by atoms with Crippen LogP contribution in [0.5, 0.6) is 5.75 Å². The number of para-hydroxylation sites is 1. The van der Waals surface area contributed by atoms with Gasteiger partial charge in [0.1, 0.15) is 12.4 Å². The molecule has 0 bridgehead atoms. The molecule has 0 aliphatic heterocycles. The van der Waals surface area contributed by atoms with E-state index in [1.807, 2.05) is 18.2 Å². The molecular formula is C21H16BrN3O4. The highest BCUT2D eigenvalue weighted by atomic mass is 79.9. The largest absolute Gasteiger partial charge is 0.488 e. The van der Waals surface area contributed by atoms with E-state index in [0.29, 0.717) is 21.3 Å². The van der Waals surface area contributed by atoms with Gasteiger partial charge in [-0.15, -0.1) is 0 Å². The van der Waals surface area contributed by atoms with Crippen molar-refractivity contribution in [2.75, 3.05) is 0 Å². The smallest absolute Gasteiger partial charge is 0.272 e. The molecule has 8 heteroatoms. The van der Waals surface area contributed by atoms with Crippen molar-refractivity contribution < 1.29 is 14.5 Å². The number of hydrogen-bond donors (Lipinski definition) is 1. The fourth-order valence-corrected chi connectivity index (χ4v) is 2.92. The van der Waals surface area contributed by atoms with E-state index >= 15 is 0 Å². The van der Waals surface area contributed by atoms with Crippen molar-refractivity contribution in [1.82, 2.24) is 5.43 Å². The van der Waals surface area contributed by atoms with Gasteiger partial charge in [0.05, 0.1) is 16.7 Å². The van der Waals surface area contributed by atoms with Gasteiger partial charge in [-0.25, -0.2) is 5.43 Å². The van der Waals surface area contributed by atoms with Gasteiger partial charge in [-0.05, 0) is 57.9 Å². The first-order valence-electron chi connectivity index (χ1n) is 8.57. The zero-order valence-electron chi connectivity index (χ0n) is 15.1. The topological polar surface area (TPSA) is 93.8 Å². The molecule has 1 N–H and O–H groups in total. The van der Waals surface area contributed by atoms with Gasteiger partial charge in [-0.1, -0.05) is 24.3 Å². The van der Waals surface area contributed by atoms with Gasteiger partial charge in [0.25, 0.3) is 11.6 Å². The lowest BCUT2D eigenvalue weighted by Gasteiger charge is -2.09. The van der Waals surface area contributed by atoms with Crippen LogP contribution in [0.3, 0.4) is 0 Å². The molecule has 0 radical (unpaired) electrons. The number of nitrogens with zero attached hydrogens (tertiary/aromatic N) is 2. The SMILES string of the molecule is O=C(N/N=C/c1ccccc1OCc1ccc([N+](=O)[O-])cc1)c1ccccc1Br. The van der Waals surface area contributed by atoms with Crippen LogP contribution in [0.15, 0.2) is 82.4 Å². The van der Waals surface area contributed by atoms with Crippen molar-refractivity contribution in [1.29, 1.82) is 0 Å². The third kappa shape index (κ3) is 5.49. The summed E-state index contributed by atoms with van der Waals surface area (Å²) in [6.07, 6.45) is 1.50. The van der Waals surface area contributed by atoms with Gasteiger partial charge < -0.3 is 4.74 Å². The number of carbonyl (C=O) groups excluding carboxylic acids is 1. The first kappa shape index (κ1) is 20.2. The highest BCUT2D eigenvalue weighted by Crippen LogP contribution is 2.19. The van der Waals surface area contributed by atoms with Gasteiger partial charge in [-0.3, -0.25) is 14.9 Å². The Morgan fingerprint density at radius 2 is 1.76 bits per heavy atom. The van der Waals surface area contributed by atoms with Crippen LogP contribution in [0.1, 0.15) is 21.5 Å². The third-order valence-corrected chi connectivity index (χ3v) is 4.64. The lowest BCUT2D eigenvalue weighted by atomic mass is 10.2. The molecule has 29 heavy (non-hydrogen) atoms. The van der Waals surface area contributed by atoms with Crippen molar-refractivity contribution in [3.8, 4) is 5.75 Å². The van der Waals surface area contributed by atoms with Crippen LogP contribution >= 0.6 is 15.9 Å². The van der Waals surface area contributed by atoms with Crippen molar-refractivity contribution >= 4 is 33.7 Å². The molecule has 1 amide bonds. The zero-order chi connectivity index (χ0) is 20.6. The van der Waals surface area contributed by atoms with E-state index < -0.39 is 4.92 Å². The maximum Gasteiger partial charge on any atom is 0.272 e. The molecule has 0 atom stereocenters. The predicted molar refractivity (Wildman–Crippen MR) is 113 cm³/mol. The molecule has 146 valence electrons. The number of rotatable bonds is 7. The van der Waals surface area contributed by atoms with Gasteiger partial charge in [-0.2, -0.15) is 5.10 Å². The monoisotopic (exact) mass is 453 g/mol. The second-order valence-corrected chi connectivity index (χ2v) is 6.78. The molecule has 0 unspecified atom stereocenters. The minimum Gasteiger partial charge on any atom is -0.488 e. The van der Waals surface area contributed by atoms with E-state index in [1.165, 1.54) is 18.3 Å². The average molecular weight is 454 g/mol. The Morgan fingerprint density at radius 1 is 1.07 bits per heavy atom. The van der Waals surface area contributed by atoms with E-state index in [4.69, 9.17) is 4.74 Å². The van der Waals surface area contributed by atoms with E-state index in [0.717, 1.165) is 5.56 Å². The molecule has 3 aromatic rings. The van der Waals surface area contributed by atoms with Crippen LogP contribution in [-0.2, 0) is 6.61 Å².